The summed E-state index contributed by atoms with van der Waals surface area (Å²) in [5.41, 5.74) is 2.24. The third-order valence-electron chi connectivity index (χ3n) is 5.06. The number of benzene rings is 2. The highest BCUT2D eigenvalue weighted by molar-refractivity contribution is 5.92. The highest BCUT2D eigenvalue weighted by Crippen LogP contribution is 2.26. The van der Waals surface area contributed by atoms with Crippen LogP contribution in [0.5, 0.6) is 5.75 Å². The van der Waals surface area contributed by atoms with Gasteiger partial charge >= 0.3 is 0 Å². The molecule has 30 heavy (non-hydrogen) atoms. The van der Waals surface area contributed by atoms with Crippen LogP contribution in [0.4, 0.5) is 14.5 Å². The van der Waals surface area contributed by atoms with E-state index in [9.17, 15) is 13.6 Å². The van der Waals surface area contributed by atoms with E-state index in [4.69, 9.17) is 4.74 Å². The van der Waals surface area contributed by atoms with E-state index in [0.717, 1.165) is 30.9 Å². The standard InChI is InChI=1S/C22H22F2N4O2/c23-16-5-7-17(8-6-16)25-22(29)13-28-10-9-15(12-28)20-11-18(26-27-20)14-30-21-4-2-1-3-19(21)24/h1-8,11,15H,9-10,12-14H2,(H,25,29)(H,26,27). The van der Waals surface area contributed by atoms with Crippen LogP contribution in [0, 0.1) is 11.6 Å². The number of ether oxygens (including phenoxy) is 1. The number of carbonyl (C=O) groups is 1. The van der Waals surface area contributed by atoms with Crippen LogP contribution in [0.2, 0.25) is 0 Å². The van der Waals surface area contributed by atoms with E-state index < -0.39 is 5.82 Å². The molecule has 0 spiro atoms. The number of anilines is 1. The number of hydrogen-bond donors (Lipinski definition) is 2. The molecule has 1 fully saturated rings. The lowest BCUT2D eigenvalue weighted by Gasteiger charge is -2.15. The number of H-pyrrole nitrogens is 1. The number of amides is 1. The maximum Gasteiger partial charge on any atom is 0.238 e. The van der Waals surface area contributed by atoms with Crippen molar-refractivity contribution < 1.29 is 18.3 Å². The van der Waals surface area contributed by atoms with Gasteiger partial charge in [-0.15, -0.1) is 0 Å². The van der Waals surface area contributed by atoms with Gasteiger partial charge in [-0.2, -0.15) is 5.10 Å². The Bertz CT molecular complexity index is 1010. The Morgan fingerprint density at radius 2 is 2.00 bits per heavy atom. The molecule has 1 aliphatic heterocycles. The molecule has 0 bridgehead atoms. The second kappa shape index (κ2) is 9.04. The average Bonchev–Trinajstić information content (AvgIpc) is 3.38. The molecule has 156 valence electrons. The number of hydrogen-bond acceptors (Lipinski definition) is 4. The molecule has 0 radical (unpaired) electrons. The summed E-state index contributed by atoms with van der Waals surface area (Å²) < 4.78 is 32.1. The number of aromatic nitrogens is 2. The van der Waals surface area contributed by atoms with E-state index in [-0.39, 0.29) is 36.5 Å². The Balaban J connectivity index is 1.26. The Morgan fingerprint density at radius 1 is 1.20 bits per heavy atom. The van der Waals surface area contributed by atoms with Gasteiger partial charge in [0, 0.05) is 18.2 Å². The number of para-hydroxylation sites is 1. The van der Waals surface area contributed by atoms with Crippen LogP contribution in [0.3, 0.4) is 0 Å². The molecule has 0 saturated carbocycles. The van der Waals surface area contributed by atoms with Crippen LogP contribution >= 0.6 is 0 Å². The normalized spacial score (nSPS) is 16.5. The lowest BCUT2D eigenvalue weighted by atomic mass is 10.1. The zero-order valence-electron chi connectivity index (χ0n) is 16.3. The summed E-state index contributed by atoms with van der Waals surface area (Å²) in [6, 6.07) is 13.9. The number of nitrogens with zero attached hydrogens (tertiary/aromatic N) is 2. The molecule has 1 saturated heterocycles. The predicted octanol–water partition coefficient (Wildman–Crippen LogP) is 3.69. The number of carbonyl (C=O) groups excluding carboxylic acids is 1. The van der Waals surface area contributed by atoms with Crippen LogP contribution in [-0.2, 0) is 11.4 Å². The van der Waals surface area contributed by atoms with E-state index >= 15 is 0 Å². The first-order chi connectivity index (χ1) is 14.6. The molecular formula is C22H22F2N4O2. The van der Waals surface area contributed by atoms with Crippen molar-refractivity contribution in [3.8, 4) is 5.75 Å². The summed E-state index contributed by atoms with van der Waals surface area (Å²) in [4.78, 5) is 14.3. The van der Waals surface area contributed by atoms with Crippen LogP contribution < -0.4 is 10.1 Å². The Morgan fingerprint density at radius 3 is 2.80 bits per heavy atom. The van der Waals surface area contributed by atoms with E-state index in [0.29, 0.717) is 5.69 Å². The third-order valence-corrected chi connectivity index (χ3v) is 5.06. The maximum atomic E-state index is 13.6. The lowest BCUT2D eigenvalue weighted by molar-refractivity contribution is -0.117. The average molecular weight is 412 g/mol. The van der Waals surface area contributed by atoms with Gasteiger partial charge < -0.3 is 10.1 Å². The second-order valence-corrected chi connectivity index (χ2v) is 7.31. The van der Waals surface area contributed by atoms with Crippen molar-refractivity contribution in [2.75, 3.05) is 25.0 Å². The van der Waals surface area contributed by atoms with Gasteiger partial charge in [0.05, 0.1) is 17.9 Å². The van der Waals surface area contributed by atoms with E-state index in [1.54, 1.807) is 18.2 Å². The fourth-order valence-electron chi connectivity index (χ4n) is 3.53. The molecule has 8 heteroatoms. The topological polar surface area (TPSA) is 70.2 Å². The van der Waals surface area contributed by atoms with Gasteiger partial charge in [-0.1, -0.05) is 12.1 Å². The van der Waals surface area contributed by atoms with Gasteiger partial charge in [-0.3, -0.25) is 14.8 Å². The molecule has 2 heterocycles. The van der Waals surface area contributed by atoms with E-state index in [1.807, 2.05) is 6.07 Å². The van der Waals surface area contributed by atoms with Gasteiger partial charge in [-0.05, 0) is 55.4 Å². The van der Waals surface area contributed by atoms with Crippen molar-refractivity contribution in [3.05, 3.63) is 77.6 Å². The largest absolute Gasteiger partial charge is 0.484 e. The molecule has 2 aromatic carbocycles. The van der Waals surface area contributed by atoms with Crippen molar-refractivity contribution >= 4 is 11.6 Å². The zero-order chi connectivity index (χ0) is 20.9. The van der Waals surface area contributed by atoms with Gasteiger partial charge in [-0.25, -0.2) is 8.78 Å². The van der Waals surface area contributed by atoms with Gasteiger partial charge in [0.25, 0.3) is 0 Å². The Hall–Kier alpha value is -3.26. The summed E-state index contributed by atoms with van der Waals surface area (Å²) >= 11 is 0. The fourth-order valence-corrected chi connectivity index (χ4v) is 3.53. The summed E-state index contributed by atoms with van der Waals surface area (Å²) in [6.45, 7) is 1.97. The lowest BCUT2D eigenvalue weighted by Crippen LogP contribution is -2.31. The highest BCUT2D eigenvalue weighted by atomic mass is 19.1. The van der Waals surface area contributed by atoms with Crippen molar-refractivity contribution in [2.24, 2.45) is 0 Å². The molecule has 3 aromatic rings. The minimum Gasteiger partial charge on any atom is -0.484 e. The first kappa shape index (κ1) is 20.0. The molecule has 0 aliphatic carbocycles. The Kier molecular flexibility index (Phi) is 6.04. The van der Waals surface area contributed by atoms with Crippen molar-refractivity contribution in [2.45, 2.75) is 18.9 Å². The van der Waals surface area contributed by atoms with Crippen LogP contribution in [0.25, 0.3) is 0 Å². The van der Waals surface area contributed by atoms with Gasteiger partial charge in [0.15, 0.2) is 11.6 Å². The molecular weight excluding hydrogens is 390 g/mol. The molecule has 1 aromatic heterocycles. The second-order valence-electron chi connectivity index (χ2n) is 7.31. The van der Waals surface area contributed by atoms with Crippen LogP contribution in [0.15, 0.2) is 54.6 Å². The number of rotatable bonds is 7. The van der Waals surface area contributed by atoms with Crippen molar-refractivity contribution in [1.82, 2.24) is 15.1 Å². The van der Waals surface area contributed by atoms with E-state index in [2.05, 4.69) is 20.4 Å². The first-order valence-electron chi connectivity index (χ1n) is 9.76. The SMILES string of the molecule is O=C(CN1CCC(c2cc(COc3ccccc3F)[nH]n2)C1)Nc1ccc(F)cc1. The number of likely N-dealkylation sites (tertiary alicyclic amines) is 1. The molecule has 6 nitrogen and oxygen atoms in total. The highest BCUT2D eigenvalue weighted by Gasteiger charge is 2.27. The number of aromatic amines is 1. The minimum absolute atomic E-state index is 0.136. The van der Waals surface area contributed by atoms with Gasteiger partial charge in [0.1, 0.15) is 12.4 Å². The summed E-state index contributed by atoms with van der Waals surface area (Å²) in [5.74, 6) is -0.464. The minimum atomic E-state index is -0.400. The predicted molar refractivity (Wildman–Crippen MR) is 108 cm³/mol. The zero-order valence-corrected chi connectivity index (χ0v) is 16.3. The van der Waals surface area contributed by atoms with Crippen molar-refractivity contribution in [3.63, 3.8) is 0 Å². The fraction of sp³-hybridized carbons (Fsp3) is 0.273. The first-order valence-corrected chi connectivity index (χ1v) is 9.76. The number of nitrogens with one attached hydrogen (secondary N) is 2. The van der Waals surface area contributed by atoms with Gasteiger partial charge in [0.2, 0.25) is 5.91 Å². The number of halogens is 2. The summed E-state index contributed by atoms with van der Waals surface area (Å²) in [7, 11) is 0. The third kappa shape index (κ3) is 5.01. The molecule has 1 aliphatic rings. The smallest absolute Gasteiger partial charge is 0.238 e. The van der Waals surface area contributed by atoms with E-state index in [1.165, 1.54) is 30.3 Å². The van der Waals surface area contributed by atoms with Crippen LogP contribution in [0.1, 0.15) is 23.7 Å². The summed E-state index contributed by atoms with van der Waals surface area (Å²) in [5, 5.41) is 10.1. The molecule has 4 rings (SSSR count). The molecule has 1 amide bonds. The molecule has 1 unspecified atom stereocenters. The Labute approximate surface area is 172 Å². The molecule has 1 atom stereocenters. The van der Waals surface area contributed by atoms with Crippen molar-refractivity contribution in [1.29, 1.82) is 0 Å². The quantitative estimate of drug-likeness (QED) is 0.621. The van der Waals surface area contributed by atoms with Crippen LogP contribution in [-0.4, -0.2) is 40.6 Å². The monoisotopic (exact) mass is 412 g/mol. The maximum absolute atomic E-state index is 13.6. The summed E-state index contributed by atoms with van der Waals surface area (Å²) in [6.07, 6.45) is 0.891. The molecule has 2 N–H and O–H groups in total.